The van der Waals surface area contributed by atoms with Crippen LogP contribution in [0.3, 0.4) is 0 Å². The van der Waals surface area contributed by atoms with E-state index in [1.807, 2.05) is 0 Å². The number of allylic oxidation sites excluding steroid dienone is 1. The van der Waals surface area contributed by atoms with Gasteiger partial charge in [0.25, 0.3) is 0 Å². The number of hydrogen-bond donors (Lipinski definition) is 0. The highest BCUT2D eigenvalue weighted by Gasteiger charge is 1.36. The quantitative estimate of drug-likeness (QED) is 0.374. The summed E-state index contributed by atoms with van der Waals surface area (Å²) >= 11 is 0. The lowest BCUT2D eigenvalue weighted by Crippen LogP contribution is -1.92. The van der Waals surface area contributed by atoms with Crippen molar-refractivity contribution in [2.75, 3.05) is 0 Å². The second-order valence-corrected chi connectivity index (χ2v) is 0.702. The Morgan fingerprint density at radius 2 is 1.80 bits per heavy atom. The van der Waals surface area contributed by atoms with Crippen molar-refractivity contribution in [2.45, 2.75) is 6.92 Å². The van der Waals surface area contributed by atoms with Gasteiger partial charge in [0.1, 0.15) is 0 Å². The van der Waals surface area contributed by atoms with Crippen molar-refractivity contribution >= 4 is 0 Å². The smallest absolute Gasteiger partial charge is 0.0549 e. The maximum atomic E-state index is 9.33. The van der Waals surface area contributed by atoms with Crippen molar-refractivity contribution in [3.63, 3.8) is 0 Å². The molecule has 32 valence electrons. The van der Waals surface area contributed by atoms with Gasteiger partial charge in [-0.1, -0.05) is 6.92 Å². The molecule has 0 bridgehead atoms. The molecular formula is C3H6FO-. The summed E-state index contributed by atoms with van der Waals surface area (Å²) in [5.74, 6) is -0.0833. The third-order valence-corrected chi connectivity index (χ3v) is 0. The normalized spacial score (nSPS) is 5.00. The van der Waals surface area contributed by atoms with Crippen LogP contribution in [-0.4, -0.2) is 0 Å². The molecule has 0 aliphatic heterocycles. The van der Waals surface area contributed by atoms with Gasteiger partial charge in [-0.3, -0.25) is 4.70 Å². The van der Waals surface area contributed by atoms with Crippen molar-refractivity contribution in [3.05, 3.63) is 12.3 Å². The fraction of sp³-hybridized carbons (Fsp3) is 0.333. The third kappa shape index (κ3) is 26.7. The Hall–Kier alpha value is -0.530. The largest absolute Gasteiger partial charge is 0.876 e. The lowest BCUT2D eigenvalue weighted by Gasteiger charge is -1.92. The highest BCUT2D eigenvalue weighted by molar-refractivity contribution is 4.64. The number of rotatable bonds is 0. The average Bonchev–Trinajstić information content (AvgIpc) is 0.811. The summed E-state index contributed by atoms with van der Waals surface area (Å²) in [4.78, 5) is 0. The maximum absolute atomic E-state index is 9.33. The first-order valence-electron chi connectivity index (χ1n) is 1.06. The Bertz CT molecular complexity index is 29.9. The van der Waals surface area contributed by atoms with Crippen molar-refractivity contribution in [2.24, 2.45) is 0 Å². The molecule has 1 nitrogen and oxygen atoms in total. The van der Waals surface area contributed by atoms with Crippen molar-refractivity contribution in [1.82, 2.24) is 0 Å². The topological polar surface area (TPSA) is 23.1 Å². The van der Waals surface area contributed by atoms with Gasteiger partial charge in [-0.2, -0.15) is 0 Å². The van der Waals surface area contributed by atoms with E-state index in [2.05, 4.69) is 6.58 Å². The zero-order valence-electron chi connectivity index (χ0n) is 3.02. The fourth-order valence-corrected chi connectivity index (χ4v) is 0. The summed E-state index contributed by atoms with van der Waals surface area (Å²) in [5.41, 5.74) is 0. The monoisotopic (exact) mass is 77.0 g/mol. The molecule has 0 aromatic rings. The zero-order chi connectivity index (χ0) is 3.58. The van der Waals surface area contributed by atoms with E-state index in [0.717, 1.165) is 0 Å². The highest BCUT2D eigenvalue weighted by atomic mass is 19.0. The Labute approximate surface area is 30.3 Å². The van der Waals surface area contributed by atoms with Gasteiger partial charge >= 0.3 is 0 Å². The molecule has 0 spiro atoms. The van der Waals surface area contributed by atoms with E-state index < -0.39 is 0 Å². The minimum absolute atomic E-state index is 0. The maximum Gasteiger partial charge on any atom is -0.0549 e. The summed E-state index contributed by atoms with van der Waals surface area (Å²) in [6, 6.07) is 0. The Balaban J connectivity index is 0. The van der Waals surface area contributed by atoms with Crippen LogP contribution in [0.25, 0.3) is 0 Å². The molecule has 0 atom stereocenters. The molecule has 0 heterocycles. The lowest BCUT2D eigenvalue weighted by atomic mass is 10.7. The molecule has 0 aliphatic carbocycles. The number of halogens is 1. The first-order valence-corrected chi connectivity index (χ1v) is 1.06. The van der Waals surface area contributed by atoms with E-state index in [1.54, 1.807) is 0 Å². The Morgan fingerprint density at radius 3 is 1.80 bits per heavy atom. The van der Waals surface area contributed by atoms with Crippen molar-refractivity contribution < 1.29 is 9.81 Å². The second-order valence-electron chi connectivity index (χ2n) is 0.702. The highest BCUT2D eigenvalue weighted by Crippen LogP contribution is 1.57. The van der Waals surface area contributed by atoms with Crippen LogP contribution in [0.15, 0.2) is 12.3 Å². The van der Waals surface area contributed by atoms with E-state index in [1.165, 1.54) is 6.92 Å². The first-order chi connectivity index (χ1) is 1.73. The molecule has 0 aromatic carbocycles. The van der Waals surface area contributed by atoms with Crippen LogP contribution in [0, 0.1) is 0 Å². The molecule has 0 fully saturated rings. The van der Waals surface area contributed by atoms with Crippen LogP contribution in [0.2, 0.25) is 0 Å². The van der Waals surface area contributed by atoms with Crippen LogP contribution in [-0.2, 0) is 0 Å². The van der Waals surface area contributed by atoms with Crippen LogP contribution < -0.4 is 5.11 Å². The summed E-state index contributed by atoms with van der Waals surface area (Å²) in [7, 11) is 0. The zero-order valence-corrected chi connectivity index (χ0v) is 3.02. The molecule has 0 saturated heterocycles. The third-order valence-electron chi connectivity index (χ3n) is 0. The summed E-state index contributed by atoms with van der Waals surface area (Å²) in [6.45, 7) is 4.42. The van der Waals surface area contributed by atoms with E-state index in [9.17, 15) is 5.11 Å². The summed E-state index contributed by atoms with van der Waals surface area (Å²) in [6.07, 6.45) is 0. The predicted molar refractivity (Wildman–Crippen MR) is 17.3 cm³/mol. The standard InChI is InChI=1S/C3H6O.FH/c1-3(2)4;/h4H,1H2,2H3;1H/p-1. The van der Waals surface area contributed by atoms with Gasteiger partial charge in [-0.25, -0.2) is 0 Å². The lowest BCUT2D eigenvalue weighted by molar-refractivity contribution is -0.300. The summed E-state index contributed by atoms with van der Waals surface area (Å²) in [5, 5.41) is 9.33. The molecule has 5 heavy (non-hydrogen) atoms. The molecule has 0 aromatic heterocycles. The van der Waals surface area contributed by atoms with Gasteiger partial charge in [0.2, 0.25) is 0 Å². The van der Waals surface area contributed by atoms with Gasteiger partial charge < -0.3 is 5.11 Å². The van der Waals surface area contributed by atoms with Crippen LogP contribution >= 0.6 is 0 Å². The molecule has 0 saturated carbocycles. The molecule has 0 unspecified atom stereocenters. The molecule has 2 heteroatoms. The van der Waals surface area contributed by atoms with Crippen LogP contribution in [0.4, 0.5) is 4.70 Å². The predicted octanol–water partition coefficient (Wildman–Crippen LogP) is 0.0328. The molecule has 0 aliphatic rings. The van der Waals surface area contributed by atoms with Gasteiger partial charge in [0, 0.05) is 0 Å². The van der Waals surface area contributed by atoms with E-state index in [4.69, 9.17) is 0 Å². The molecule has 0 amide bonds. The van der Waals surface area contributed by atoms with Gasteiger partial charge in [-0.15, -0.1) is 12.3 Å². The molecule has 0 N–H and O–H groups in total. The van der Waals surface area contributed by atoms with Gasteiger partial charge in [-0.05, 0) is 0 Å². The van der Waals surface area contributed by atoms with Crippen LogP contribution in [0.1, 0.15) is 6.92 Å². The molecular weight excluding hydrogens is 71.0 g/mol. The summed E-state index contributed by atoms with van der Waals surface area (Å²) < 4.78 is 0. The van der Waals surface area contributed by atoms with E-state index in [-0.39, 0.29) is 10.5 Å². The minimum atomic E-state index is -0.0833. The molecule has 0 rings (SSSR count). The van der Waals surface area contributed by atoms with Crippen LogP contribution in [0.5, 0.6) is 0 Å². The van der Waals surface area contributed by atoms with E-state index >= 15 is 0 Å². The second kappa shape index (κ2) is 3.47. The average molecular weight is 77.1 g/mol. The SMILES string of the molecule is C=C(C)[O-].F. The first kappa shape index (κ1) is 8.82. The van der Waals surface area contributed by atoms with E-state index in [0.29, 0.717) is 0 Å². The van der Waals surface area contributed by atoms with Gasteiger partial charge in [0.15, 0.2) is 0 Å². The Morgan fingerprint density at radius 1 is 1.80 bits per heavy atom. The fourth-order valence-electron chi connectivity index (χ4n) is 0. The Kier molecular flexibility index (Phi) is 6.12. The van der Waals surface area contributed by atoms with Crippen molar-refractivity contribution in [1.29, 1.82) is 0 Å². The molecule has 0 radical (unpaired) electrons. The van der Waals surface area contributed by atoms with Crippen molar-refractivity contribution in [3.8, 4) is 0 Å². The minimum Gasteiger partial charge on any atom is -0.876 e. The number of hydrogen-bond acceptors (Lipinski definition) is 1. The van der Waals surface area contributed by atoms with Gasteiger partial charge in [0.05, 0.1) is 0 Å².